The van der Waals surface area contributed by atoms with Gasteiger partial charge in [-0.3, -0.25) is 9.59 Å². The van der Waals surface area contributed by atoms with Gasteiger partial charge in [0, 0.05) is 11.3 Å². The van der Waals surface area contributed by atoms with Crippen molar-refractivity contribution >= 4 is 23.5 Å². The average molecular weight is 356 g/mol. The van der Waals surface area contributed by atoms with Gasteiger partial charge in [-0.05, 0) is 49.4 Å². The molecule has 2 aromatic rings. The van der Waals surface area contributed by atoms with Crippen LogP contribution in [0.1, 0.15) is 27.6 Å². The Labute approximate surface area is 148 Å². The van der Waals surface area contributed by atoms with E-state index in [2.05, 4.69) is 5.32 Å². The number of rotatable bonds is 5. The van der Waals surface area contributed by atoms with Crippen molar-refractivity contribution < 1.29 is 28.6 Å². The van der Waals surface area contributed by atoms with E-state index >= 15 is 0 Å². The van der Waals surface area contributed by atoms with Crippen LogP contribution in [0.2, 0.25) is 0 Å². The Balaban J connectivity index is 1.60. The number of hydrogen-bond donors (Lipinski definition) is 2. The normalized spacial score (nSPS) is 13.0. The molecule has 3 rings (SSSR count). The number of nitrogens with two attached hydrogens (primary N) is 1. The van der Waals surface area contributed by atoms with Crippen molar-refractivity contribution in [3.63, 3.8) is 0 Å². The first-order valence-corrected chi connectivity index (χ1v) is 7.75. The Morgan fingerprint density at radius 3 is 2.38 bits per heavy atom. The molecule has 26 heavy (non-hydrogen) atoms. The Hall–Kier alpha value is -3.55. The van der Waals surface area contributed by atoms with Crippen molar-refractivity contribution in [2.75, 3.05) is 12.1 Å². The molecule has 3 N–H and O–H groups in total. The Morgan fingerprint density at radius 2 is 1.69 bits per heavy atom. The second-order valence-electron chi connectivity index (χ2n) is 5.55. The molecule has 0 radical (unpaired) electrons. The molecule has 8 heteroatoms. The summed E-state index contributed by atoms with van der Waals surface area (Å²) in [6.07, 6.45) is -1.02. The lowest BCUT2D eigenvalue weighted by atomic mass is 10.2. The largest absolute Gasteiger partial charge is 0.454 e. The number of nitrogens with one attached hydrogen (secondary N) is 1. The van der Waals surface area contributed by atoms with Gasteiger partial charge < -0.3 is 25.3 Å². The number of ether oxygens (including phenoxy) is 3. The van der Waals surface area contributed by atoms with E-state index in [1.54, 1.807) is 6.07 Å². The van der Waals surface area contributed by atoms with Gasteiger partial charge in [-0.1, -0.05) is 0 Å². The molecule has 0 aliphatic carbocycles. The van der Waals surface area contributed by atoms with E-state index in [-0.39, 0.29) is 12.4 Å². The topological polar surface area (TPSA) is 117 Å². The SMILES string of the molecule is CC(OC(=O)c1ccc2c(c1)OCO2)C(=O)Nc1ccc(C(N)=O)cc1. The molecule has 1 unspecified atom stereocenters. The van der Waals surface area contributed by atoms with E-state index in [4.69, 9.17) is 19.9 Å². The van der Waals surface area contributed by atoms with Crippen LogP contribution < -0.4 is 20.5 Å². The number of carbonyl (C=O) groups excluding carboxylic acids is 3. The summed E-state index contributed by atoms with van der Waals surface area (Å²) in [6.45, 7) is 1.55. The summed E-state index contributed by atoms with van der Waals surface area (Å²) in [5, 5.41) is 2.59. The Bertz CT molecular complexity index is 862. The minimum absolute atomic E-state index is 0.0984. The first kappa shape index (κ1) is 17.3. The monoisotopic (exact) mass is 356 g/mol. The quantitative estimate of drug-likeness (QED) is 0.788. The van der Waals surface area contributed by atoms with Crippen LogP contribution in [0.15, 0.2) is 42.5 Å². The van der Waals surface area contributed by atoms with Gasteiger partial charge >= 0.3 is 5.97 Å². The van der Waals surface area contributed by atoms with Gasteiger partial charge in [0.1, 0.15) is 0 Å². The van der Waals surface area contributed by atoms with Crippen LogP contribution in [-0.4, -0.2) is 30.7 Å². The van der Waals surface area contributed by atoms with Crippen LogP contribution in [0.25, 0.3) is 0 Å². The second kappa shape index (κ2) is 7.14. The molecule has 1 atom stereocenters. The van der Waals surface area contributed by atoms with Gasteiger partial charge in [0.15, 0.2) is 17.6 Å². The molecule has 2 amide bonds. The summed E-state index contributed by atoms with van der Waals surface area (Å²) >= 11 is 0. The van der Waals surface area contributed by atoms with Gasteiger partial charge in [-0.15, -0.1) is 0 Å². The van der Waals surface area contributed by atoms with Crippen LogP contribution >= 0.6 is 0 Å². The van der Waals surface area contributed by atoms with Gasteiger partial charge in [-0.25, -0.2) is 4.79 Å². The zero-order valence-electron chi connectivity index (χ0n) is 13.9. The first-order valence-electron chi connectivity index (χ1n) is 7.75. The fourth-order valence-electron chi connectivity index (χ4n) is 2.27. The minimum Gasteiger partial charge on any atom is -0.454 e. The molecule has 1 aliphatic rings. The van der Waals surface area contributed by atoms with Crippen molar-refractivity contribution in [1.82, 2.24) is 0 Å². The molecule has 0 saturated carbocycles. The molecular formula is C18H16N2O6. The summed E-state index contributed by atoms with van der Waals surface area (Å²) in [6, 6.07) is 10.7. The summed E-state index contributed by atoms with van der Waals surface area (Å²) in [5.41, 5.74) is 6.18. The number of primary amides is 1. The fourth-order valence-corrected chi connectivity index (χ4v) is 2.27. The van der Waals surface area contributed by atoms with Crippen LogP contribution in [0.3, 0.4) is 0 Å². The van der Waals surface area contributed by atoms with Crippen LogP contribution in [-0.2, 0) is 9.53 Å². The first-order chi connectivity index (χ1) is 12.4. The molecule has 134 valence electrons. The van der Waals surface area contributed by atoms with Crippen LogP contribution in [0.4, 0.5) is 5.69 Å². The molecular weight excluding hydrogens is 340 g/mol. The lowest BCUT2D eigenvalue weighted by molar-refractivity contribution is -0.123. The number of hydrogen-bond acceptors (Lipinski definition) is 6. The highest BCUT2D eigenvalue weighted by atomic mass is 16.7. The number of benzene rings is 2. The summed E-state index contributed by atoms with van der Waals surface area (Å²) in [4.78, 5) is 35.4. The Morgan fingerprint density at radius 1 is 1.04 bits per heavy atom. The average Bonchev–Trinajstić information content (AvgIpc) is 3.09. The third-order valence-corrected chi connectivity index (χ3v) is 3.70. The van der Waals surface area contributed by atoms with Crippen molar-refractivity contribution in [3.05, 3.63) is 53.6 Å². The zero-order chi connectivity index (χ0) is 18.7. The molecule has 0 bridgehead atoms. The van der Waals surface area contributed by atoms with Gasteiger partial charge in [0.05, 0.1) is 5.56 Å². The maximum atomic E-state index is 12.2. The molecule has 0 aromatic heterocycles. The number of anilines is 1. The number of amides is 2. The van der Waals surface area contributed by atoms with Gasteiger partial charge in [0.2, 0.25) is 12.7 Å². The molecule has 1 heterocycles. The molecule has 8 nitrogen and oxygen atoms in total. The van der Waals surface area contributed by atoms with Crippen molar-refractivity contribution in [1.29, 1.82) is 0 Å². The second-order valence-corrected chi connectivity index (χ2v) is 5.55. The van der Waals surface area contributed by atoms with E-state index in [0.717, 1.165) is 0 Å². The number of carbonyl (C=O) groups is 3. The molecule has 0 saturated heterocycles. The molecule has 2 aromatic carbocycles. The third-order valence-electron chi connectivity index (χ3n) is 3.70. The van der Waals surface area contributed by atoms with Crippen LogP contribution in [0, 0.1) is 0 Å². The maximum absolute atomic E-state index is 12.2. The van der Waals surface area contributed by atoms with Crippen molar-refractivity contribution in [3.8, 4) is 11.5 Å². The summed E-state index contributed by atoms with van der Waals surface area (Å²) in [5.74, 6) is -0.729. The highest BCUT2D eigenvalue weighted by Gasteiger charge is 2.21. The maximum Gasteiger partial charge on any atom is 0.339 e. The smallest absolute Gasteiger partial charge is 0.339 e. The highest BCUT2D eigenvalue weighted by Crippen LogP contribution is 2.32. The van der Waals surface area contributed by atoms with Crippen molar-refractivity contribution in [2.24, 2.45) is 5.73 Å². The van der Waals surface area contributed by atoms with E-state index in [9.17, 15) is 14.4 Å². The van der Waals surface area contributed by atoms with Gasteiger partial charge in [0.25, 0.3) is 5.91 Å². The predicted molar refractivity (Wildman–Crippen MR) is 91.0 cm³/mol. The van der Waals surface area contributed by atoms with E-state index in [1.807, 2.05) is 0 Å². The zero-order valence-corrected chi connectivity index (χ0v) is 13.9. The molecule has 0 fully saturated rings. The van der Waals surface area contributed by atoms with E-state index in [1.165, 1.54) is 43.3 Å². The fraction of sp³-hybridized carbons (Fsp3) is 0.167. The molecule has 1 aliphatic heterocycles. The van der Waals surface area contributed by atoms with Crippen molar-refractivity contribution in [2.45, 2.75) is 13.0 Å². The number of fused-ring (bicyclic) bond motifs is 1. The lowest BCUT2D eigenvalue weighted by Gasteiger charge is -2.14. The standard InChI is InChI=1S/C18H16N2O6/c1-10(17(22)20-13-5-2-11(3-6-13)16(19)21)26-18(23)12-4-7-14-15(8-12)25-9-24-14/h2-8,10H,9H2,1H3,(H2,19,21)(H,20,22). The summed E-state index contributed by atoms with van der Waals surface area (Å²) < 4.78 is 15.6. The van der Waals surface area contributed by atoms with E-state index in [0.29, 0.717) is 22.7 Å². The minimum atomic E-state index is -1.02. The highest BCUT2D eigenvalue weighted by molar-refractivity contribution is 5.98. The van der Waals surface area contributed by atoms with E-state index < -0.39 is 23.9 Å². The lowest BCUT2D eigenvalue weighted by Crippen LogP contribution is -2.30. The Kier molecular flexibility index (Phi) is 4.74. The van der Waals surface area contributed by atoms with Gasteiger partial charge in [-0.2, -0.15) is 0 Å². The number of esters is 1. The molecule has 0 spiro atoms. The third kappa shape index (κ3) is 3.75. The predicted octanol–water partition coefficient (Wildman–Crippen LogP) is 1.70. The summed E-state index contributed by atoms with van der Waals surface area (Å²) in [7, 11) is 0. The van der Waals surface area contributed by atoms with Crippen LogP contribution in [0.5, 0.6) is 11.5 Å².